The van der Waals surface area contributed by atoms with Gasteiger partial charge in [-0.3, -0.25) is 4.90 Å². The fourth-order valence-electron chi connectivity index (χ4n) is 2.29. The zero-order valence-electron chi connectivity index (χ0n) is 11.3. The van der Waals surface area contributed by atoms with Gasteiger partial charge >= 0.3 is 0 Å². The number of rotatable bonds is 3. The molecular formula is C14H16ClN4O. The first-order valence-electron chi connectivity index (χ1n) is 6.71. The van der Waals surface area contributed by atoms with Crippen molar-refractivity contribution in [3.8, 4) is 11.5 Å². The van der Waals surface area contributed by atoms with Gasteiger partial charge in [-0.2, -0.15) is 4.98 Å². The molecule has 1 aromatic heterocycles. The SMILES string of the molecule is CC(c1noc(-c2ccc(Cl)cc2)n1)N1CC[N]CC1. The van der Waals surface area contributed by atoms with Crippen LogP contribution in [0.5, 0.6) is 0 Å². The summed E-state index contributed by atoms with van der Waals surface area (Å²) in [5.41, 5.74) is 0.883. The average molecular weight is 292 g/mol. The van der Waals surface area contributed by atoms with Crippen molar-refractivity contribution in [2.75, 3.05) is 26.2 Å². The van der Waals surface area contributed by atoms with Crippen molar-refractivity contribution in [1.29, 1.82) is 0 Å². The van der Waals surface area contributed by atoms with Crippen molar-refractivity contribution in [2.24, 2.45) is 0 Å². The molecule has 1 radical (unpaired) electrons. The number of aromatic nitrogens is 2. The molecule has 1 aliphatic heterocycles. The summed E-state index contributed by atoms with van der Waals surface area (Å²) in [7, 11) is 0. The lowest BCUT2D eigenvalue weighted by Crippen LogP contribution is -2.41. The number of halogens is 1. The number of piperazine rings is 1. The predicted molar refractivity (Wildman–Crippen MR) is 76.6 cm³/mol. The van der Waals surface area contributed by atoms with Crippen LogP contribution in [0.4, 0.5) is 0 Å². The molecule has 0 amide bonds. The zero-order valence-corrected chi connectivity index (χ0v) is 12.0. The third-order valence-electron chi connectivity index (χ3n) is 3.54. The van der Waals surface area contributed by atoms with Crippen LogP contribution in [0, 0.1) is 0 Å². The highest BCUT2D eigenvalue weighted by molar-refractivity contribution is 6.30. The van der Waals surface area contributed by atoms with Crippen molar-refractivity contribution in [3.05, 3.63) is 35.1 Å². The van der Waals surface area contributed by atoms with Crippen LogP contribution in [0.1, 0.15) is 18.8 Å². The fourth-order valence-corrected chi connectivity index (χ4v) is 2.41. The Morgan fingerprint density at radius 2 is 1.90 bits per heavy atom. The van der Waals surface area contributed by atoms with E-state index in [1.807, 2.05) is 24.3 Å². The van der Waals surface area contributed by atoms with Gasteiger partial charge in [0.2, 0.25) is 0 Å². The molecule has 0 N–H and O–H groups in total. The van der Waals surface area contributed by atoms with Gasteiger partial charge in [-0.1, -0.05) is 16.8 Å². The van der Waals surface area contributed by atoms with E-state index in [0.29, 0.717) is 10.9 Å². The standard InChI is InChI=1S/C14H16ClN4O/c1-10(19-8-6-16-7-9-19)13-17-14(20-18-13)11-2-4-12(15)5-3-11/h2-5,10H,6-9H2,1H3. The van der Waals surface area contributed by atoms with Crippen molar-refractivity contribution in [2.45, 2.75) is 13.0 Å². The van der Waals surface area contributed by atoms with Gasteiger partial charge in [-0.15, -0.1) is 0 Å². The molecule has 2 heterocycles. The van der Waals surface area contributed by atoms with Gasteiger partial charge < -0.3 is 4.52 Å². The summed E-state index contributed by atoms with van der Waals surface area (Å²) in [6.45, 7) is 5.76. The molecule has 1 atom stereocenters. The van der Waals surface area contributed by atoms with Gasteiger partial charge in [0.05, 0.1) is 6.04 Å². The predicted octanol–water partition coefficient (Wildman–Crippen LogP) is 2.37. The highest BCUT2D eigenvalue weighted by atomic mass is 35.5. The summed E-state index contributed by atoms with van der Waals surface area (Å²) >= 11 is 5.87. The van der Waals surface area contributed by atoms with Gasteiger partial charge in [0.25, 0.3) is 5.89 Å². The van der Waals surface area contributed by atoms with E-state index in [0.717, 1.165) is 37.6 Å². The maximum atomic E-state index is 5.87. The van der Waals surface area contributed by atoms with Crippen LogP contribution < -0.4 is 5.32 Å². The molecule has 1 aliphatic rings. The fraction of sp³-hybridized carbons (Fsp3) is 0.429. The minimum absolute atomic E-state index is 0.148. The smallest absolute Gasteiger partial charge is 0.257 e. The molecule has 105 valence electrons. The lowest BCUT2D eigenvalue weighted by molar-refractivity contribution is 0.174. The molecule has 20 heavy (non-hydrogen) atoms. The molecule has 1 saturated heterocycles. The monoisotopic (exact) mass is 291 g/mol. The molecule has 2 aromatic rings. The Hall–Kier alpha value is -1.43. The second-order valence-corrected chi connectivity index (χ2v) is 5.28. The Kier molecular flexibility index (Phi) is 4.00. The minimum Gasteiger partial charge on any atom is -0.334 e. The molecule has 6 heteroatoms. The molecule has 1 fully saturated rings. The molecule has 1 aromatic carbocycles. The van der Waals surface area contributed by atoms with Crippen LogP contribution in [0.2, 0.25) is 5.02 Å². The van der Waals surface area contributed by atoms with Crippen molar-refractivity contribution in [1.82, 2.24) is 20.4 Å². The molecule has 0 spiro atoms. The average Bonchev–Trinajstić information content (AvgIpc) is 2.98. The van der Waals surface area contributed by atoms with Crippen LogP contribution in [0.3, 0.4) is 0 Å². The van der Waals surface area contributed by atoms with Crippen molar-refractivity contribution >= 4 is 11.6 Å². The maximum Gasteiger partial charge on any atom is 0.257 e. The molecule has 0 aliphatic carbocycles. The molecular weight excluding hydrogens is 276 g/mol. The maximum absolute atomic E-state index is 5.87. The Bertz CT molecular complexity index is 563. The summed E-state index contributed by atoms with van der Waals surface area (Å²) in [5, 5.41) is 9.14. The summed E-state index contributed by atoms with van der Waals surface area (Å²) in [6, 6.07) is 7.54. The third-order valence-corrected chi connectivity index (χ3v) is 3.80. The molecule has 3 rings (SSSR count). The van der Waals surface area contributed by atoms with Crippen LogP contribution >= 0.6 is 11.6 Å². The lowest BCUT2D eigenvalue weighted by atomic mass is 10.2. The molecule has 0 bridgehead atoms. The van der Waals surface area contributed by atoms with Gasteiger partial charge in [-0.25, -0.2) is 5.32 Å². The molecule has 1 unspecified atom stereocenters. The summed E-state index contributed by atoms with van der Waals surface area (Å²) < 4.78 is 5.35. The number of hydrogen-bond acceptors (Lipinski definition) is 4. The summed E-state index contributed by atoms with van der Waals surface area (Å²) in [4.78, 5) is 6.82. The quantitative estimate of drug-likeness (QED) is 0.871. The summed E-state index contributed by atoms with van der Waals surface area (Å²) in [6.07, 6.45) is 0. The van der Waals surface area contributed by atoms with Crippen LogP contribution in [0.25, 0.3) is 11.5 Å². The van der Waals surface area contributed by atoms with Crippen LogP contribution in [-0.2, 0) is 0 Å². The molecule has 0 saturated carbocycles. The third kappa shape index (κ3) is 2.85. The van der Waals surface area contributed by atoms with Crippen molar-refractivity contribution in [3.63, 3.8) is 0 Å². The van der Waals surface area contributed by atoms with E-state index in [1.165, 1.54) is 0 Å². The van der Waals surface area contributed by atoms with Crippen LogP contribution in [0.15, 0.2) is 28.8 Å². The van der Waals surface area contributed by atoms with Gasteiger partial charge in [0.1, 0.15) is 0 Å². The van der Waals surface area contributed by atoms with Crippen molar-refractivity contribution < 1.29 is 4.52 Å². The second-order valence-electron chi connectivity index (χ2n) is 4.85. The van der Waals surface area contributed by atoms with E-state index >= 15 is 0 Å². The number of nitrogens with zero attached hydrogens (tertiary/aromatic N) is 4. The highest BCUT2D eigenvalue weighted by Gasteiger charge is 2.23. The first kappa shape index (κ1) is 13.5. The Morgan fingerprint density at radius 1 is 1.20 bits per heavy atom. The largest absolute Gasteiger partial charge is 0.334 e. The Morgan fingerprint density at radius 3 is 2.60 bits per heavy atom. The second kappa shape index (κ2) is 5.91. The van der Waals surface area contributed by atoms with E-state index in [9.17, 15) is 0 Å². The van der Waals surface area contributed by atoms with Gasteiger partial charge in [0, 0.05) is 36.8 Å². The first-order valence-corrected chi connectivity index (χ1v) is 7.08. The van der Waals surface area contributed by atoms with E-state index in [4.69, 9.17) is 16.1 Å². The van der Waals surface area contributed by atoms with E-state index in [-0.39, 0.29) is 6.04 Å². The van der Waals surface area contributed by atoms with E-state index in [1.54, 1.807) is 0 Å². The Balaban J connectivity index is 1.77. The van der Waals surface area contributed by atoms with Crippen LogP contribution in [-0.4, -0.2) is 41.2 Å². The van der Waals surface area contributed by atoms with Gasteiger partial charge in [0.15, 0.2) is 5.82 Å². The molecule has 5 nitrogen and oxygen atoms in total. The highest BCUT2D eigenvalue weighted by Crippen LogP contribution is 2.23. The zero-order chi connectivity index (χ0) is 13.9. The minimum atomic E-state index is 0.148. The number of benzene rings is 1. The topological polar surface area (TPSA) is 56.3 Å². The normalized spacial score (nSPS) is 18.1. The first-order chi connectivity index (χ1) is 9.74. The lowest BCUT2D eigenvalue weighted by Gasteiger charge is -2.30. The Labute approximate surface area is 122 Å². The summed E-state index contributed by atoms with van der Waals surface area (Å²) in [5.74, 6) is 1.25. The van der Waals surface area contributed by atoms with E-state index < -0.39 is 0 Å². The number of hydrogen-bond donors (Lipinski definition) is 0. The van der Waals surface area contributed by atoms with E-state index in [2.05, 4.69) is 27.3 Å². The van der Waals surface area contributed by atoms with Gasteiger partial charge in [-0.05, 0) is 31.2 Å².